The average molecular weight is 243 g/mol. The summed E-state index contributed by atoms with van der Waals surface area (Å²) in [6, 6.07) is 8.03. The SMILES string of the molecule is C=C(C)Cc1cc2cc(C)ccc2n1C(=O)OC. The first-order valence-electron chi connectivity index (χ1n) is 5.86. The fourth-order valence-electron chi connectivity index (χ4n) is 2.14. The van der Waals surface area contributed by atoms with Gasteiger partial charge in [0.05, 0.1) is 12.6 Å². The summed E-state index contributed by atoms with van der Waals surface area (Å²) in [5.41, 5.74) is 3.98. The lowest BCUT2D eigenvalue weighted by atomic mass is 10.1. The van der Waals surface area contributed by atoms with Crippen molar-refractivity contribution in [3.05, 3.63) is 47.7 Å². The lowest BCUT2D eigenvalue weighted by Crippen LogP contribution is -2.14. The van der Waals surface area contributed by atoms with E-state index in [4.69, 9.17) is 4.74 Å². The highest BCUT2D eigenvalue weighted by atomic mass is 16.5. The number of ether oxygens (including phenoxy) is 1. The molecule has 0 saturated carbocycles. The Bertz CT molecular complexity index is 623. The summed E-state index contributed by atoms with van der Waals surface area (Å²) in [4.78, 5) is 11.9. The number of benzene rings is 1. The van der Waals surface area contributed by atoms with Gasteiger partial charge >= 0.3 is 6.09 Å². The minimum Gasteiger partial charge on any atom is -0.452 e. The highest BCUT2D eigenvalue weighted by Gasteiger charge is 2.15. The molecule has 0 saturated heterocycles. The topological polar surface area (TPSA) is 31.2 Å². The van der Waals surface area contributed by atoms with Crippen LogP contribution in [0.15, 0.2) is 36.4 Å². The zero-order valence-electron chi connectivity index (χ0n) is 11.0. The Morgan fingerprint density at radius 2 is 2.11 bits per heavy atom. The van der Waals surface area contributed by atoms with Crippen LogP contribution >= 0.6 is 0 Å². The largest absolute Gasteiger partial charge is 0.452 e. The molecule has 0 aliphatic heterocycles. The van der Waals surface area contributed by atoms with Crippen LogP contribution in [0.4, 0.5) is 4.79 Å². The van der Waals surface area contributed by atoms with Crippen LogP contribution in [0.1, 0.15) is 18.2 Å². The van der Waals surface area contributed by atoms with Crippen molar-refractivity contribution in [2.45, 2.75) is 20.3 Å². The molecule has 18 heavy (non-hydrogen) atoms. The Labute approximate surface area is 107 Å². The van der Waals surface area contributed by atoms with Gasteiger partial charge in [-0.25, -0.2) is 9.36 Å². The van der Waals surface area contributed by atoms with E-state index in [2.05, 4.69) is 12.6 Å². The molecule has 1 aromatic heterocycles. The van der Waals surface area contributed by atoms with Gasteiger partial charge in [0.15, 0.2) is 0 Å². The summed E-state index contributed by atoms with van der Waals surface area (Å²) in [5, 5.41) is 1.05. The van der Waals surface area contributed by atoms with Gasteiger partial charge < -0.3 is 4.74 Å². The zero-order valence-corrected chi connectivity index (χ0v) is 11.0. The number of carbonyl (C=O) groups excluding carboxylic acids is 1. The Kier molecular flexibility index (Phi) is 3.24. The van der Waals surface area contributed by atoms with Crippen molar-refractivity contribution in [2.75, 3.05) is 7.11 Å². The number of rotatable bonds is 2. The minimum atomic E-state index is -0.356. The fraction of sp³-hybridized carbons (Fsp3) is 0.267. The summed E-state index contributed by atoms with van der Waals surface area (Å²) in [5.74, 6) is 0. The molecule has 3 heteroatoms. The van der Waals surface area contributed by atoms with E-state index in [9.17, 15) is 4.79 Å². The molecule has 1 heterocycles. The molecular formula is C15H17NO2. The third kappa shape index (κ3) is 2.16. The number of nitrogens with zero attached hydrogens (tertiary/aromatic N) is 1. The van der Waals surface area contributed by atoms with Gasteiger partial charge in [-0.15, -0.1) is 0 Å². The van der Waals surface area contributed by atoms with Gasteiger partial charge in [0.2, 0.25) is 0 Å². The molecule has 0 aliphatic rings. The van der Waals surface area contributed by atoms with Crippen molar-refractivity contribution in [2.24, 2.45) is 0 Å². The van der Waals surface area contributed by atoms with E-state index in [1.807, 2.05) is 32.0 Å². The number of aromatic nitrogens is 1. The second-order valence-electron chi connectivity index (χ2n) is 4.64. The third-order valence-corrected chi connectivity index (χ3v) is 2.87. The number of hydrogen-bond donors (Lipinski definition) is 0. The molecule has 0 N–H and O–H groups in total. The molecule has 0 aliphatic carbocycles. The predicted molar refractivity (Wildman–Crippen MR) is 73.0 cm³/mol. The van der Waals surface area contributed by atoms with Crippen LogP contribution in [0.25, 0.3) is 10.9 Å². The predicted octanol–water partition coefficient (Wildman–Crippen LogP) is 3.68. The van der Waals surface area contributed by atoms with Crippen LogP contribution < -0.4 is 0 Å². The molecule has 0 bridgehead atoms. The Balaban J connectivity index is 2.67. The molecule has 0 atom stereocenters. The maximum Gasteiger partial charge on any atom is 0.418 e. The van der Waals surface area contributed by atoms with Gasteiger partial charge in [-0.2, -0.15) is 0 Å². The Morgan fingerprint density at radius 1 is 1.39 bits per heavy atom. The first-order valence-corrected chi connectivity index (χ1v) is 5.86. The molecule has 0 unspecified atom stereocenters. The van der Waals surface area contributed by atoms with Crippen molar-refractivity contribution in [1.82, 2.24) is 4.57 Å². The number of allylic oxidation sites excluding steroid dienone is 1. The first-order chi connectivity index (χ1) is 8.52. The van der Waals surface area contributed by atoms with Crippen LogP contribution in [0, 0.1) is 6.92 Å². The second-order valence-corrected chi connectivity index (χ2v) is 4.64. The Morgan fingerprint density at radius 3 is 2.72 bits per heavy atom. The van der Waals surface area contributed by atoms with Crippen LogP contribution in [-0.2, 0) is 11.2 Å². The first kappa shape index (κ1) is 12.4. The van der Waals surface area contributed by atoms with E-state index < -0.39 is 0 Å². The number of hydrogen-bond acceptors (Lipinski definition) is 2. The summed E-state index contributed by atoms with van der Waals surface area (Å²) >= 11 is 0. The monoisotopic (exact) mass is 243 g/mol. The molecule has 94 valence electrons. The van der Waals surface area contributed by atoms with Crippen LogP contribution in [0.3, 0.4) is 0 Å². The molecule has 0 radical (unpaired) electrons. The van der Waals surface area contributed by atoms with Gasteiger partial charge in [0.1, 0.15) is 0 Å². The van der Waals surface area contributed by atoms with E-state index in [1.54, 1.807) is 4.57 Å². The third-order valence-electron chi connectivity index (χ3n) is 2.87. The maximum atomic E-state index is 11.9. The molecule has 1 aromatic carbocycles. The van der Waals surface area contributed by atoms with Gasteiger partial charge in [-0.3, -0.25) is 0 Å². The van der Waals surface area contributed by atoms with Crippen molar-refractivity contribution < 1.29 is 9.53 Å². The number of carbonyl (C=O) groups is 1. The minimum absolute atomic E-state index is 0.356. The molecule has 2 rings (SSSR count). The lowest BCUT2D eigenvalue weighted by molar-refractivity contribution is 0.173. The number of fused-ring (bicyclic) bond motifs is 1. The zero-order chi connectivity index (χ0) is 13.3. The van der Waals surface area contributed by atoms with E-state index >= 15 is 0 Å². The summed E-state index contributed by atoms with van der Waals surface area (Å²) in [7, 11) is 1.40. The van der Waals surface area contributed by atoms with Crippen molar-refractivity contribution in [3.8, 4) is 0 Å². The van der Waals surface area contributed by atoms with Crippen molar-refractivity contribution in [1.29, 1.82) is 0 Å². The molecule has 0 fully saturated rings. The number of methoxy groups -OCH3 is 1. The van der Waals surface area contributed by atoms with Gasteiger partial charge in [-0.05, 0) is 32.0 Å². The van der Waals surface area contributed by atoms with Crippen LogP contribution in [0.2, 0.25) is 0 Å². The Hall–Kier alpha value is -2.03. The van der Waals surface area contributed by atoms with E-state index in [-0.39, 0.29) is 6.09 Å². The summed E-state index contributed by atoms with van der Waals surface area (Å²) in [6.45, 7) is 7.88. The summed E-state index contributed by atoms with van der Waals surface area (Å²) in [6.07, 6.45) is 0.313. The van der Waals surface area contributed by atoms with E-state index in [1.165, 1.54) is 12.7 Å². The average Bonchev–Trinajstić information content (AvgIpc) is 2.64. The summed E-state index contributed by atoms with van der Waals surface area (Å²) < 4.78 is 6.46. The van der Waals surface area contributed by atoms with Gasteiger partial charge in [-0.1, -0.05) is 23.8 Å². The highest BCUT2D eigenvalue weighted by molar-refractivity contribution is 5.91. The molecule has 0 amide bonds. The second kappa shape index (κ2) is 4.69. The highest BCUT2D eigenvalue weighted by Crippen LogP contribution is 2.23. The van der Waals surface area contributed by atoms with Crippen LogP contribution in [0.5, 0.6) is 0 Å². The normalized spacial score (nSPS) is 10.6. The van der Waals surface area contributed by atoms with Crippen molar-refractivity contribution in [3.63, 3.8) is 0 Å². The quantitative estimate of drug-likeness (QED) is 0.753. The van der Waals surface area contributed by atoms with Gasteiger partial charge in [0, 0.05) is 17.5 Å². The van der Waals surface area contributed by atoms with Gasteiger partial charge in [0.25, 0.3) is 0 Å². The van der Waals surface area contributed by atoms with E-state index in [0.29, 0.717) is 6.42 Å². The molecule has 3 nitrogen and oxygen atoms in total. The van der Waals surface area contributed by atoms with Crippen LogP contribution in [-0.4, -0.2) is 17.8 Å². The van der Waals surface area contributed by atoms with Crippen molar-refractivity contribution >= 4 is 17.0 Å². The molecule has 2 aromatic rings. The molecule has 0 spiro atoms. The molecular weight excluding hydrogens is 226 g/mol. The number of aryl methyl sites for hydroxylation is 1. The maximum absolute atomic E-state index is 11.9. The standard InChI is InChI=1S/C15H17NO2/c1-10(2)7-13-9-12-8-11(3)5-6-14(12)16(13)15(17)18-4/h5-6,8-9H,1,7H2,2-4H3. The van der Waals surface area contributed by atoms with E-state index in [0.717, 1.165) is 22.2 Å². The fourth-order valence-corrected chi connectivity index (χ4v) is 2.14. The smallest absolute Gasteiger partial charge is 0.418 e. The lowest BCUT2D eigenvalue weighted by Gasteiger charge is -2.07.